The Labute approximate surface area is 130 Å². The number of hydrogen-bond donors (Lipinski definition) is 3. The summed E-state index contributed by atoms with van der Waals surface area (Å²) in [6, 6.07) is 6.39. The molecule has 2 rings (SSSR count). The fraction of sp³-hybridized carbons (Fsp3) is 0.562. The van der Waals surface area contributed by atoms with Gasteiger partial charge in [0.1, 0.15) is 0 Å². The number of carbonyl (C=O) groups is 1. The van der Waals surface area contributed by atoms with Crippen molar-refractivity contribution < 1.29 is 9.90 Å². The minimum atomic E-state index is -0.338. The van der Waals surface area contributed by atoms with Crippen molar-refractivity contribution in [3.63, 3.8) is 0 Å². The van der Waals surface area contributed by atoms with Gasteiger partial charge in [-0.2, -0.15) is 0 Å². The second-order valence-corrected chi connectivity index (χ2v) is 6.80. The highest BCUT2D eigenvalue weighted by Gasteiger charge is 2.24. The first kappa shape index (κ1) is 16.3. The van der Waals surface area contributed by atoms with E-state index < -0.39 is 0 Å². The predicted octanol–water partition coefficient (Wildman–Crippen LogP) is 1.48. The average molecular weight is 308 g/mol. The number of aliphatic hydroxyl groups is 1. The van der Waals surface area contributed by atoms with Crippen LogP contribution in [0.15, 0.2) is 23.1 Å². The number of carbonyl (C=O) groups excluding carboxylic acids is 1. The van der Waals surface area contributed by atoms with Gasteiger partial charge < -0.3 is 15.7 Å². The molecule has 3 N–H and O–H groups in total. The Hall–Kier alpha value is -1.04. The van der Waals surface area contributed by atoms with E-state index in [9.17, 15) is 9.90 Å². The van der Waals surface area contributed by atoms with Gasteiger partial charge in [0.05, 0.1) is 6.10 Å². The Morgan fingerprint density at radius 1 is 1.38 bits per heavy atom. The van der Waals surface area contributed by atoms with Gasteiger partial charge in [-0.3, -0.25) is 4.79 Å². The molecule has 1 saturated heterocycles. The van der Waals surface area contributed by atoms with Gasteiger partial charge >= 0.3 is 0 Å². The molecular weight excluding hydrogens is 284 g/mol. The third kappa shape index (κ3) is 5.02. The zero-order valence-corrected chi connectivity index (χ0v) is 13.5. The molecule has 2 atom stereocenters. The molecule has 1 aliphatic rings. The maximum absolute atomic E-state index is 11.8. The lowest BCUT2D eigenvalue weighted by molar-refractivity contribution is -0.120. The molecule has 5 heteroatoms. The van der Waals surface area contributed by atoms with Gasteiger partial charge in [0, 0.05) is 42.6 Å². The molecule has 1 aromatic rings. The van der Waals surface area contributed by atoms with E-state index in [2.05, 4.69) is 42.7 Å². The molecular formula is C16H24N2O2S. The van der Waals surface area contributed by atoms with E-state index >= 15 is 0 Å². The van der Waals surface area contributed by atoms with Crippen LogP contribution in [-0.4, -0.2) is 42.5 Å². The topological polar surface area (TPSA) is 61.4 Å². The van der Waals surface area contributed by atoms with Crippen LogP contribution in [0.2, 0.25) is 0 Å². The van der Waals surface area contributed by atoms with Crippen LogP contribution >= 0.6 is 11.8 Å². The summed E-state index contributed by atoms with van der Waals surface area (Å²) in [6.07, 6.45) is 0.170. The molecule has 1 aromatic carbocycles. The molecule has 4 nitrogen and oxygen atoms in total. The van der Waals surface area contributed by atoms with Gasteiger partial charge in [-0.25, -0.2) is 0 Å². The average Bonchev–Trinajstić information content (AvgIpc) is 2.86. The summed E-state index contributed by atoms with van der Waals surface area (Å²) in [4.78, 5) is 13.0. The first-order valence-corrected chi connectivity index (χ1v) is 8.40. The molecule has 1 aliphatic heterocycles. The molecule has 0 saturated carbocycles. The van der Waals surface area contributed by atoms with Crippen LogP contribution in [0, 0.1) is 19.8 Å². The van der Waals surface area contributed by atoms with Gasteiger partial charge in [-0.1, -0.05) is 6.07 Å². The summed E-state index contributed by atoms with van der Waals surface area (Å²) in [7, 11) is 0. The highest BCUT2D eigenvalue weighted by molar-refractivity contribution is 7.99. The SMILES string of the molecule is Cc1ccc(SCCC(=O)NCC2CNCC2O)cc1C. The van der Waals surface area contributed by atoms with Crippen molar-refractivity contribution in [2.45, 2.75) is 31.3 Å². The Bertz CT molecular complexity index is 493. The summed E-state index contributed by atoms with van der Waals surface area (Å²) in [5.41, 5.74) is 2.58. The molecule has 1 amide bonds. The van der Waals surface area contributed by atoms with E-state index in [1.807, 2.05) is 0 Å². The van der Waals surface area contributed by atoms with Crippen molar-refractivity contribution in [1.82, 2.24) is 10.6 Å². The third-order valence-electron chi connectivity index (χ3n) is 3.94. The zero-order valence-electron chi connectivity index (χ0n) is 12.7. The van der Waals surface area contributed by atoms with Crippen molar-refractivity contribution >= 4 is 17.7 Å². The van der Waals surface area contributed by atoms with Crippen molar-refractivity contribution in [2.75, 3.05) is 25.4 Å². The fourth-order valence-corrected chi connectivity index (χ4v) is 3.27. The number of amides is 1. The summed E-state index contributed by atoms with van der Waals surface area (Å²) in [5.74, 6) is 0.978. The lowest BCUT2D eigenvalue weighted by Gasteiger charge is -2.14. The summed E-state index contributed by atoms with van der Waals surface area (Å²) in [6.45, 7) is 6.17. The summed E-state index contributed by atoms with van der Waals surface area (Å²) in [5, 5.41) is 15.7. The Morgan fingerprint density at radius 2 is 2.19 bits per heavy atom. The van der Waals surface area contributed by atoms with E-state index in [0.29, 0.717) is 19.5 Å². The lowest BCUT2D eigenvalue weighted by Crippen LogP contribution is -2.34. The quantitative estimate of drug-likeness (QED) is 0.697. The van der Waals surface area contributed by atoms with E-state index in [4.69, 9.17) is 0 Å². The minimum Gasteiger partial charge on any atom is -0.391 e. The number of aliphatic hydroxyl groups excluding tert-OH is 1. The molecule has 116 valence electrons. The van der Waals surface area contributed by atoms with E-state index in [-0.39, 0.29) is 17.9 Å². The number of aryl methyl sites for hydroxylation is 2. The Balaban J connectivity index is 1.65. The molecule has 0 aromatic heterocycles. The van der Waals surface area contributed by atoms with Crippen LogP contribution in [0.25, 0.3) is 0 Å². The number of β-amino-alcohol motifs (C(OH)–C–C–N with tert-alkyl or cyclic N) is 1. The first-order valence-electron chi connectivity index (χ1n) is 7.42. The maximum atomic E-state index is 11.8. The largest absolute Gasteiger partial charge is 0.391 e. The molecule has 0 bridgehead atoms. The maximum Gasteiger partial charge on any atom is 0.220 e. The van der Waals surface area contributed by atoms with Crippen LogP contribution in [-0.2, 0) is 4.79 Å². The van der Waals surface area contributed by atoms with Gasteiger partial charge in [-0.15, -0.1) is 11.8 Å². The van der Waals surface area contributed by atoms with Crippen LogP contribution in [0.5, 0.6) is 0 Å². The number of thioether (sulfide) groups is 1. The van der Waals surface area contributed by atoms with Crippen molar-refractivity contribution in [1.29, 1.82) is 0 Å². The summed E-state index contributed by atoms with van der Waals surface area (Å²) < 4.78 is 0. The second kappa shape index (κ2) is 7.82. The molecule has 1 heterocycles. The van der Waals surface area contributed by atoms with E-state index in [1.54, 1.807) is 11.8 Å². The van der Waals surface area contributed by atoms with Crippen molar-refractivity contribution in [3.8, 4) is 0 Å². The molecule has 21 heavy (non-hydrogen) atoms. The van der Waals surface area contributed by atoms with E-state index in [0.717, 1.165) is 12.3 Å². The van der Waals surface area contributed by atoms with Crippen LogP contribution in [0.3, 0.4) is 0 Å². The second-order valence-electron chi connectivity index (χ2n) is 5.63. The standard InChI is InChI=1S/C16H24N2O2S/c1-11-3-4-14(7-12(11)2)21-6-5-16(20)18-9-13-8-17-10-15(13)19/h3-4,7,13,15,17,19H,5-6,8-10H2,1-2H3,(H,18,20). The van der Waals surface area contributed by atoms with Gasteiger partial charge in [-0.05, 0) is 37.1 Å². The summed E-state index contributed by atoms with van der Waals surface area (Å²) >= 11 is 1.71. The van der Waals surface area contributed by atoms with E-state index in [1.165, 1.54) is 16.0 Å². The van der Waals surface area contributed by atoms with Gasteiger partial charge in [0.2, 0.25) is 5.91 Å². The third-order valence-corrected chi connectivity index (χ3v) is 4.94. The van der Waals surface area contributed by atoms with Crippen LogP contribution in [0.1, 0.15) is 17.5 Å². The molecule has 0 radical (unpaired) electrons. The predicted molar refractivity (Wildman–Crippen MR) is 86.6 cm³/mol. The number of hydrogen-bond acceptors (Lipinski definition) is 4. The lowest BCUT2D eigenvalue weighted by atomic mass is 10.1. The first-order chi connectivity index (χ1) is 10.1. The number of benzene rings is 1. The normalized spacial score (nSPS) is 21.5. The molecule has 0 aliphatic carbocycles. The van der Waals surface area contributed by atoms with Crippen molar-refractivity contribution in [3.05, 3.63) is 29.3 Å². The Morgan fingerprint density at radius 3 is 2.86 bits per heavy atom. The zero-order chi connectivity index (χ0) is 15.2. The highest BCUT2D eigenvalue weighted by atomic mass is 32.2. The van der Waals surface area contributed by atoms with Gasteiger partial charge in [0.25, 0.3) is 0 Å². The highest BCUT2D eigenvalue weighted by Crippen LogP contribution is 2.21. The molecule has 1 fully saturated rings. The smallest absolute Gasteiger partial charge is 0.220 e. The monoisotopic (exact) mass is 308 g/mol. The fourth-order valence-electron chi connectivity index (χ4n) is 2.33. The molecule has 0 spiro atoms. The number of rotatable bonds is 6. The van der Waals surface area contributed by atoms with Crippen molar-refractivity contribution in [2.24, 2.45) is 5.92 Å². The Kier molecular flexibility index (Phi) is 6.08. The number of nitrogens with one attached hydrogen (secondary N) is 2. The van der Waals surface area contributed by atoms with Gasteiger partial charge in [0.15, 0.2) is 0 Å². The van der Waals surface area contributed by atoms with Crippen LogP contribution in [0.4, 0.5) is 0 Å². The minimum absolute atomic E-state index is 0.0606. The molecule has 2 unspecified atom stereocenters. The van der Waals surface area contributed by atoms with Crippen LogP contribution < -0.4 is 10.6 Å².